The third-order valence-corrected chi connectivity index (χ3v) is 4.95. The number of nitrogens with zero attached hydrogens (tertiary/aromatic N) is 2. The molecule has 4 heterocycles. The lowest BCUT2D eigenvalue weighted by Gasteiger charge is -2.27. The average Bonchev–Trinajstić information content (AvgIpc) is 3.31. The van der Waals surface area contributed by atoms with E-state index < -0.39 is 11.7 Å². The molecule has 3 N–H and O–H groups in total. The molecule has 4 rings (SSSR count). The van der Waals surface area contributed by atoms with Crippen LogP contribution in [-0.2, 0) is 10.9 Å². The van der Waals surface area contributed by atoms with Crippen LogP contribution >= 0.6 is 0 Å². The standard InChI is InChI=1S/C18H22F3N5O/c19-18(20,21)14-11-24-17-13(9-15(25-17)12-1-2-22-10-12)16(14)23-3-4-26-5-7-27-8-6-26/h1,9,11,22H,2-8,10H2,(H2,23,24,25). The van der Waals surface area contributed by atoms with Gasteiger partial charge in [0, 0.05) is 56.5 Å². The molecular weight excluding hydrogens is 359 g/mol. The van der Waals surface area contributed by atoms with E-state index >= 15 is 0 Å². The number of anilines is 1. The molecule has 0 amide bonds. The second-order valence-electron chi connectivity index (χ2n) is 6.73. The summed E-state index contributed by atoms with van der Waals surface area (Å²) in [5.41, 5.74) is 1.66. The van der Waals surface area contributed by atoms with Gasteiger partial charge in [-0.1, -0.05) is 6.08 Å². The molecule has 0 unspecified atom stereocenters. The number of hydrogen-bond acceptors (Lipinski definition) is 5. The van der Waals surface area contributed by atoms with Gasteiger partial charge in [-0.15, -0.1) is 0 Å². The first-order valence-electron chi connectivity index (χ1n) is 9.05. The van der Waals surface area contributed by atoms with Gasteiger partial charge >= 0.3 is 6.18 Å². The molecule has 27 heavy (non-hydrogen) atoms. The predicted molar refractivity (Wildman–Crippen MR) is 97.7 cm³/mol. The van der Waals surface area contributed by atoms with Gasteiger partial charge in [0.15, 0.2) is 0 Å². The number of nitrogens with one attached hydrogen (secondary N) is 3. The fraction of sp³-hybridized carbons (Fsp3) is 0.500. The lowest BCUT2D eigenvalue weighted by molar-refractivity contribution is -0.137. The number of hydrogen-bond donors (Lipinski definition) is 3. The normalized spacial score (nSPS) is 18.9. The molecule has 2 aromatic rings. The lowest BCUT2D eigenvalue weighted by atomic mass is 10.1. The summed E-state index contributed by atoms with van der Waals surface area (Å²) < 4.78 is 45.9. The Morgan fingerprint density at radius 1 is 1.26 bits per heavy atom. The van der Waals surface area contributed by atoms with Gasteiger partial charge < -0.3 is 20.4 Å². The first-order chi connectivity index (χ1) is 13.0. The zero-order valence-electron chi connectivity index (χ0n) is 14.8. The quantitative estimate of drug-likeness (QED) is 0.742. The van der Waals surface area contributed by atoms with Gasteiger partial charge in [0.2, 0.25) is 0 Å². The highest BCUT2D eigenvalue weighted by Crippen LogP contribution is 2.38. The highest BCUT2D eigenvalue weighted by Gasteiger charge is 2.35. The Morgan fingerprint density at radius 3 is 2.78 bits per heavy atom. The number of pyridine rings is 1. The SMILES string of the molecule is FC(F)(F)c1cnc2[nH]c(C3=CCNC3)cc2c1NCCN1CCOCC1. The third-order valence-electron chi connectivity index (χ3n) is 4.95. The van der Waals surface area contributed by atoms with E-state index in [9.17, 15) is 13.2 Å². The van der Waals surface area contributed by atoms with Crippen molar-refractivity contribution in [1.29, 1.82) is 0 Å². The summed E-state index contributed by atoms with van der Waals surface area (Å²) in [7, 11) is 0. The Balaban J connectivity index is 1.62. The zero-order valence-corrected chi connectivity index (χ0v) is 14.8. The Hall–Kier alpha value is -2.10. The summed E-state index contributed by atoms with van der Waals surface area (Å²) in [6, 6.07) is 1.76. The van der Waals surface area contributed by atoms with Gasteiger partial charge in [-0.05, 0) is 11.6 Å². The molecule has 6 nitrogen and oxygen atoms in total. The van der Waals surface area contributed by atoms with E-state index in [1.54, 1.807) is 6.07 Å². The van der Waals surface area contributed by atoms with Crippen molar-refractivity contribution in [3.8, 4) is 0 Å². The Labute approximate surface area is 154 Å². The number of halogens is 3. The van der Waals surface area contributed by atoms with E-state index in [4.69, 9.17) is 4.74 Å². The van der Waals surface area contributed by atoms with Crippen LogP contribution in [0.15, 0.2) is 18.3 Å². The summed E-state index contributed by atoms with van der Waals surface area (Å²) in [5, 5.41) is 6.68. The molecule has 2 aliphatic heterocycles. The van der Waals surface area contributed by atoms with E-state index in [0.29, 0.717) is 43.9 Å². The third kappa shape index (κ3) is 3.95. The summed E-state index contributed by atoms with van der Waals surface area (Å²) in [6.07, 6.45) is -1.53. The maximum atomic E-state index is 13.5. The Bertz CT molecular complexity index is 839. The molecule has 0 bridgehead atoms. The van der Waals surface area contributed by atoms with Gasteiger partial charge in [-0.25, -0.2) is 4.98 Å². The Morgan fingerprint density at radius 2 is 2.07 bits per heavy atom. The van der Waals surface area contributed by atoms with Crippen LogP contribution < -0.4 is 10.6 Å². The number of rotatable bonds is 5. The first kappa shape index (κ1) is 18.3. The van der Waals surface area contributed by atoms with Crippen molar-refractivity contribution >= 4 is 22.3 Å². The molecule has 1 fully saturated rings. The van der Waals surface area contributed by atoms with Crippen LogP contribution in [0, 0.1) is 0 Å². The van der Waals surface area contributed by atoms with Crippen molar-refractivity contribution in [2.75, 3.05) is 57.8 Å². The predicted octanol–water partition coefficient (Wildman–Crippen LogP) is 2.31. The number of aromatic nitrogens is 2. The van der Waals surface area contributed by atoms with Crippen LogP contribution in [0.25, 0.3) is 16.6 Å². The average molecular weight is 381 g/mol. The number of ether oxygens (including phenoxy) is 1. The molecular formula is C18H22F3N5O. The minimum atomic E-state index is -4.46. The molecule has 0 aliphatic carbocycles. The Kier molecular flexibility index (Phi) is 5.07. The molecule has 9 heteroatoms. The maximum Gasteiger partial charge on any atom is 0.419 e. The minimum absolute atomic E-state index is 0.0924. The smallest absolute Gasteiger partial charge is 0.383 e. The second kappa shape index (κ2) is 7.49. The van der Waals surface area contributed by atoms with E-state index in [2.05, 4.69) is 25.5 Å². The van der Waals surface area contributed by atoms with Crippen LogP contribution in [0.3, 0.4) is 0 Å². The van der Waals surface area contributed by atoms with Crippen molar-refractivity contribution in [2.24, 2.45) is 0 Å². The molecule has 0 aromatic carbocycles. The van der Waals surface area contributed by atoms with Gasteiger partial charge in [0.05, 0.1) is 24.5 Å². The summed E-state index contributed by atoms with van der Waals surface area (Å²) in [5.74, 6) is 0. The zero-order chi connectivity index (χ0) is 18.9. The van der Waals surface area contributed by atoms with Crippen molar-refractivity contribution < 1.29 is 17.9 Å². The van der Waals surface area contributed by atoms with Crippen molar-refractivity contribution in [1.82, 2.24) is 20.2 Å². The first-order valence-corrected chi connectivity index (χ1v) is 9.05. The van der Waals surface area contributed by atoms with Gasteiger partial charge in [0.1, 0.15) is 5.65 Å². The van der Waals surface area contributed by atoms with Crippen LogP contribution in [0.4, 0.5) is 18.9 Å². The van der Waals surface area contributed by atoms with E-state index in [0.717, 1.165) is 37.1 Å². The highest BCUT2D eigenvalue weighted by atomic mass is 19.4. The molecule has 146 valence electrons. The fourth-order valence-electron chi connectivity index (χ4n) is 3.50. The molecule has 2 aliphatic rings. The monoisotopic (exact) mass is 381 g/mol. The lowest BCUT2D eigenvalue weighted by Crippen LogP contribution is -2.39. The highest BCUT2D eigenvalue weighted by molar-refractivity contribution is 5.94. The summed E-state index contributed by atoms with van der Waals surface area (Å²) in [4.78, 5) is 9.33. The number of H-pyrrole nitrogens is 1. The van der Waals surface area contributed by atoms with E-state index in [1.165, 1.54) is 0 Å². The van der Waals surface area contributed by atoms with Gasteiger partial charge in [0.25, 0.3) is 0 Å². The topological polar surface area (TPSA) is 65.2 Å². The molecule has 0 saturated carbocycles. The van der Waals surface area contributed by atoms with Crippen molar-refractivity contribution in [3.05, 3.63) is 29.6 Å². The van der Waals surface area contributed by atoms with Gasteiger partial charge in [-0.3, -0.25) is 4.90 Å². The molecule has 1 saturated heterocycles. The van der Waals surface area contributed by atoms with Gasteiger partial charge in [-0.2, -0.15) is 13.2 Å². The van der Waals surface area contributed by atoms with E-state index in [-0.39, 0.29) is 5.69 Å². The molecule has 0 atom stereocenters. The molecule has 2 aromatic heterocycles. The molecule has 0 spiro atoms. The fourth-order valence-corrected chi connectivity index (χ4v) is 3.50. The maximum absolute atomic E-state index is 13.5. The van der Waals surface area contributed by atoms with Crippen LogP contribution in [0.1, 0.15) is 11.3 Å². The number of aromatic amines is 1. The van der Waals surface area contributed by atoms with E-state index in [1.807, 2.05) is 6.08 Å². The largest absolute Gasteiger partial charge is 0.419 e. The van der Waals surface area contributed by atoms with Crippen LogP contribution in [0.5, 0.6) is 0 Å². The number of alkyl halides is 3. The van der Waals surface area contributed by atoms with Crippen molar-refractivity contribution in [3.63, 3.8) is 0 Å². The number of morpholine rings is 1. The van der Waals surface area contributed by atoms with Crippen LogP contribution in [-0.4, -0.2) is 67.4 Å². The second-order valence-corrected chi connectivity index (χ2v) is 6.73. The minimum Gasteiger partial charge on any atom is -0.383 e. The summed E-state index contributed by atoms with van der Waals surface area (Å²) >= 11 is 0. The number of fused-ring (bicyclic) bond motifs is 1. The molecule has 0 radical (unpaired) electrons. The summed E-state index contributed by atoms with van der Waals surface area (Å²) in [6.45, 7) is 5.47. The van der Waals surface area contributed by atoms with Crippen molar-refractivity contribution in [2.45, 2.75) is 6.18 Å². The van der Waals surface area contributed by atoms with Crippen LogP contribution in [0.2, 0.25) is 0 Å².